The van der Waals surface area contributed by atoms with Crippen molar-refractivity contribution in [1.82, 2.24) is 15.2 Å². The van der Waals surface area contributed by atoms with Crippen LogP contribution in [-0.4, -0.2) is 51.9 Å². The van der Waals surface area contributed by atoms with Crippen LogP contribution in [0, 0.1) is 0 Å². The molecule has 23 heavy (non-hydrogen) atoms. The van der Waals surface area contributed by atoms with Crippen LogP contribution in [-0.2, 0) is 9.59 Å². The number of carboxylic acid groups (broad SMARTS) is 1. The molecule has 1 saturated heterocycles. The second kappa shape index (κ2) is 8.26. The van der Waals surface area contributed by atoms with Gasteiger partial charge in [0.05, 0.1) is 12.1 Å². The normalized spacial score (nSPS) is 17.6. The van der Waals surface area contributed by atoms with E-state index in [1.807, 2.05) is 0 Å². The van der Waals surface area contributed by atoms with E-state index in [1.54, 1.807) is 23.2 Å². The van der Waals surface area contributed by atoms with Gasteiger partial charge in [-0.2, -0.15) is 0 Å². The number of carboxylic acids is 1. The van der Waals surface area contributed by atoms with Crippen molar-refractivity contribution in [2.75, 3.05) is 13.1 Å². The molecule has 0 aromatic carbocycles. The highest BCUT2D eigenvalue weighted by atomic mass is 16.4. The molecule has 0 aliphatic carbocycles. The zero-order valence-electron chi connectivity index (χ0n) is 12.9. The molecule has 2 heterocycles. The van der Waals surface area contributed by atoms with Crippen LogP contribution in [0.4, 0.5) is 0 Å². The third-order valence-corrected chi connectivity index (χ3v) is 3.96. The minimum absolute atomic E-state index is 0.0521. The summed E-state index contributed by atoms with van der Waals surface area (Å²) in [5, 5.41) is 11.4. The summed E-state index contributed by atoms with van der Waals surface area (Å²) in [6.45, 7) is 0.531. The van der Waals surface area contributed by atoms with Gasteiger partial charge in [0, 0.05) is 31.4 Å². The highest BCUT2D eigenvalue weighted by Crippen LogP contribution is 2.20. The van der Waals surface area contributed by atoms with E-state index in [0.29, 0.717) is 18.5 Å². The van der Waals surface area contributed by atoms with E-state index < -0.39 is 5.97 Å². The molecule has 1 aromatic heterocycles. The fourth-order valence-corrected chi connectivity index (χ4v) is 2.78. The van der Waals surface area contributed by atoms with Gasteiger partial charge in [0.25, 0.3) is 5.91 Å². The van der Waals surface area contributed by atoms with Gasteiger partial charge in [0.1, 0.15) is 0 Å². The maximum absolute atomic E-state index is 12.3. The van der Waals surface area contributed by atoms with E-state index >= 15 is 0 Å². The van der Waals surface area contributed by atoms with E-state index in [4.69, 9.17) is 5.11 Å². The number of carbonyl (C=O) groups is 3. The molecule has 0 bridgehead atoms. The van der Waals surface area contributed by atoms with Crippen LogP contribution in [0.2, 0.25) is 0 Å². The number of carbonyl (C=O) groups excluding carboxylic acids is 2. The zero-order valence-corrected chi connectivity index (χ0v) is 12.9. The molecule has 1 aliphatic heterocycles. The van der Waals surface area contributed by atoms with Crippen molar-refractivity contribution in [3.63, 3.8) is 0 Å². The Hall–Kier alpha value is -2.44. The Balaban J connectivity index is 1.87. The first-order chi connectivity index (χ1) is 11.1. The summed E-state index contributed by atoms with van der Waals surface area (Å²) in [7, 11) is 0. The number of aromatic nitrogens is 1. The summed E-state index contributed by atoms with van der Waals surface area (Å²) in [6.07, 6.45) is 6.24. The number of nitrogens with one attached hydrogen (secondary N) is 1. The number of likely N-dealkylation sites (tertiary alicyclic amines) is 1. The van der Waals surface area contributed by atoms with Gasteiger partial charge >= 0.3 is 5.97 Å². The summed E-state index contributed by atoms with van der Waals surface area (Å²) < 4.78 is 0. The van der Waals surface area contributed by atoms with Crippen LogP contribution in [0.15, 0.2) is 24.5 Å². The average molecular weight is 319 g/mol. The van der Waals surface area contributed by atoms with Crippen LogP contribution < -0.4 is 5.32 Å². The Labute approximate surface area is 134 Å². The third kappa shape index (κ3) is 5.05. The first-order valence-corrected chi connectivity index (χ1v) is 7.77. The molecule has 2 N–H and O–H groups in total. The third-order valence-electron chi connectivity index (χ3n) is 3.96. The van der Waals surface area contributed by atoms with Gasteiger partial charge in [-0.3, -0.25) is 19.4 Å². The molecule has 1 aromatic rings. The quantitative estimate of drug-likeness (QED) is 0.816. The molecule has 1 aliphatic rings. The van der Waals surface area contributed by atoms with Crippen LogP contribution >= 0.6 is 0 Å². The average Bonchev–Trinajstić information content (AvgIpc) is 2.58. The predicted octanol–water partition coefficient (Wildman–Crippen LogP) is 1.06. The lowest BCUT2D eigenvalue weighted by Gasteiger charge is -2.35. The number of aliphatic carboxylic acids is 1. The van der Waals surface area contributed by atoms with Gasteiger partial charge in [0.15, 0.2) is 0 Å². The maximum Gasteiger partial charge on any atom is 0.303 e. The molecule has 7 nitrogen and oxygen atoms in total. The highest BCUT2D eigenvalue weighted by molar-refractivity contribution is 5.96. The van der Waals surface area contributed by atoms with Crippen molar-refractivity contribution in [2.24, 2.45) is 0 Å². The highest BCUT2D eigenvalue weighted by Gasteiger charge is 2.27. The Bertz CT molecular complexity index is 562. The standard InChI is InChI=1S/C16H21N3O4/c20-14(11-18-16(23)12-4-3-8-17-10-12)19-9-2-1-5-13(19)6-7-15(21)22/h3-4,8,10,13H,1-2,5-7,9,11H2,(H,18,23)(H,21,22). The Kier molecular flexibility index (Phi) is 6.08. The molecule has 2 rings (SSSR count). The maximum atomic E-state index is 12.3. The Morgan fingerprint density at radius 1 is 1.35 bits per heavy atom. The minimum Gasteiger partial charge on any atom is -0.481 e. The molecule has 0 spiro atoms. The van der Waals surface area contributed by atoms with E-state index in [9.17, 15) is 14.4 Å². The van der Waals surface area contributed by atoms with Gasteiger partial charge in [0.2, 0.25) is 5.91 Å². The van der Waals surface area contributed by atoms with Crippen LogP contribution in [0.3, 0.4) is 0 Å². The summed E-state index contributed by atoms with van der Waals surface area (Å²) >= 11 is 0. The molecule has 0 saturated carbocycles. The Morgan fingerprint density at radius 2 is 2.17 bits per heavy atom. The lowest BCUT2D eigenvalue weighted by atomic mass is 9.98. The van der Waals surface area contributed by atoms with Gasteiger partial charge in [-0.15, -0.1) is 0 Å². The molecule has 1 atom stereocenters. The second-order valence-electron chi connectivity index (χ2n) is 5.59. The number of pyridine rings is 1. The SMILES string of the molecule is O=C(O)CCC1CCCCN1C(=O)CNC(=O)c1cccnc1. The van der Waals surface area contributed by atoms with E-state index in [2.05, 4.69) is 10.3 Å². The van der Waals surface area contributed by atoms with E-state index in [0.717, 1.165) is 19.3 Å². The number of nitrogens with zero attached hydrogens (tertiary/aromatic N) is 2. The van der Waals surface area contributed by atoms with Crippen LogP contribution in [0.1, 0.15) is 42.5 Å². The largest absolute Gasteiger partial charge is 0.481 e. The smallest absolute Gasteiger partial charge is 0.303 e. The predicted molar refractivity (Wildman–Crippen MR) is 82.8 cm³/mol. The van der Waals surface area contributed by atoms with Crippen molar-refractivity contribution in [2.45, 2.75) is 38.1 Å². The molecule has 1 fully saturated rings. The van der Waals surface area contributed by atoms with E-state index in [1.165, 1.54) is 6.20 Å². The number of amides is 2. The van der Waals surface area contributed by atoms with Gasteiger partial charge in [-0.05, 0) is 37.8 Å². The summed E-state index contributed by atoms with van der Waals surface area (Å²) in [5.41, 5.74) is 0.404. The summed E-state index contributed by atoms with van der Waals surface area (Å²) in [4.78, 5) is 40.6. The first-order valence-electron chi connectivity index (χ1n) is 7.77. The van der Waals surface area contributed by atoms with Crippen LogP contribution in [0.5, 0.6) is 0 Å². The molecular formula is C16H21N3O4. The van der Waals surface area contributed by atoms with Crippen molar-refractivity contribution < 1.29 is 19.5 Å². The fraction of sp³-hybridized carbons (Fsp3) is 0.500. The molecule has 124 valence electrons. The van der Waals surface area contributed by atoms with Crippen molar-refractivity contribution >= 4 is 17.8 Å². The summed E-state index contributed by atoms with van der Waals surface area (Å²) in [6, 6.07) is 3.23. The topological polar surface area (TPSA) is 99.6 Å². The second-order valence-corrected chi connectivity index (χ2v) is 5.59. The molecule has 7 heteroatoms. The molecule has 2 amide bonds. The molecular weight excluding hydrogens is 298 g/mol. The molecule has 0 radical (unpaired) electrons. The summed E-state index contributed by atoms with van der Waals surface area (Å²) in [5.74, 6) is -1.37. The van der Waals surface area contributed by atoms with Gasteiger partial charge in [-0.25, -0.2) is 0 Å². The van der Waals surface area contributed by atoms with E-state index in [-0.39, 0.29) is 30.8 Å². The first kappa shape index (κ1) is 16.9. The van der Waals surface area contributed by atoms with Crippen molar-refractivity contribution in [1.29, 1.82) is 0 Å². The minimum atomic E-state index is -0.854. The molecule has 1 unspecified atom stereocenters. The van der Waals surface area contributed by atoms with Gasteiger partial charge < -0.3 is 15.3 Å². The number of hydrogen-bond acceptors (Lipinski definition) is 4. The number of piperidine rings is 1. The Morgan fingerprint density at radius 3 is 2.87 bits per heavy atom. The monoisotopic (exact) mass is 319 g/mol. The fourth-order valence-electron chi connectivity index (χ4n) is 2.78. The van der Waals surface area contributed by atoms with Crippen molar-refractivity contribution in [3.05, 3.63) is 30.1 Å². The number of rotatable bonds is 6. The zero-order chi connectivity index (χ0) is 16.7. The lowest BCUT2D eigenvalue weighted by Crippen LogP contribution is -2.48. The van der Waals surface area contributed by atoms with Crippen molar-refractivity contribution in [3.8, 4) is 0 Å². The number of hydrogen-bond donors (Lipinski definition) is 2. The van der Waals surface area contributed by atoms with Gasteiger partial charge in [-0.1, -0.05) is 0 Å². The lowest BCUT2D eigenvalue weighted by molar-refractivity contribution is -0.139. The van der Waals surface area contributed by atoms with Crippen LogP contribution in [0.25, 0.3) is 0 Å².